The SMILES string of the molecule is Cc1cnc(NC2CCC(NCc3cccc(Cl)c3)CC2)nc1N(C)C. The van der Waals surface area contributed by atoms with Crippen LogP contribution in [0.4, 0.5) is 11.8 Å². The van der Waals surface area contributed by atoms with Crippen molar-refractivity contribution < 1.29 is 0 Å². The molecule has 1 heterocycles. The summed E-state index contributed by atoms with van der Waals surface area (Å²) in [5, 5.41) is 7.97. The molecule has 0 atom stereocenters. The monoisotopic (exact) mass is 373 g/mol. The molecule has 1 aromatic carbocycles. The minimum atomic E-state index is 0.442. The third-order valence-corrected chi connectivity index (χ3v) is 5.15. The molecule has 26 heavy (non-hydrogen) atoms. The number of aromatic nitrogens is 2. The van der Waals surface area contributed by atoms with Crippen molar-refractivity contribution in [1.29, 1.82) is 0 Å². The van der Waals surface area contributed by atoms with E-state index >= 15 is 0 Å². The molecule has 1 aromatic heterocycles. The Labute approximate surface area is 161 Å². The topological polar surface area (TPSA) is 53.1 Å². The van der Waals surface area contributed by atoms with E-state index in [9.17, 15) is 0 Å². The lowest BCUT2D eigenvalue weighted by Crippen LogP contribution is -2.37. The molecular formula is C20H28ClN5. The second kappa shape index (κ2) is 8.69. The van der Waals surface area contributed by atoms with Crippen molar-refractivity contribution in [3.05, 3.63) is 46.6 Å². The van der Waals surface area contributed by atoms with E-state index < -0.39 is 0 Å². The zero-order valence-corrected chi connectivity index (χ0v) is 16.6. The van der Waals surface area contributed by atoms with Crippen LogP contribution in [0.3, 0.4) is 0 Å². The van der Waals surface area contributed by atoms with Gasteiger partial charge in [-0.15, -0.1) is 0 Å². The first-order chi connectivity index (χ1) is 12.5. The van der Waals surface area contributed by atoms with Gasteiger partial charge in [0.15, 0.2) is 0 Å². The number of benzene rings is 1. The Bertz CT molecular complexity index is 726. The average Bonchev–Trinajstić information content (AvgIpc) is 2.62. The van der Waals surface area contributed by atoms with Crippen LogP contribution in [-0.2, 0) is 6.54 Å². The van der Waals surface area contributed by atoms with Crippen LogP contribution in [0.1, 0.15) is 36.8 Å². The first kappa shape index (κ1) is 18.9. The number of hydrogen-bond donors (Lipinski definition) is 2. The summed E-state index contributed by atoms with van der Waals surface area (Å²) in [7, 11) is 4.02. The van der Waals surface area contributed by atoms with E-state index in [2.05, 4.69) is 26.7 Å². The van der Waals surface area contributed by atoms with Gasteiger partial charge in [0.25, 0.3) is 0 Å². The number of aryl methyl sites for hydroxylation is 1. The Morgan fingerprint density at radius 1 is 1.15 bits per heavy atom. The van der Waals surface area contributed by atoms with E-state index in [1.54, 1.807) is 0 Å². The summed E-state index contributed by atoms with van der Waals surface area (Å²) < 4.78 is 0. The Morgan fingerprint density at radius 2 is 1.88 bits per heavy atom. The first-order valence-electron chi connectivity index (χ1n) is 9.26. The van der Waals surface area contributed by atoms with Gasteiger partial charge in [0.1, 0.15) is 5.82 Å². The van der Waals surface area contributed by atoms with Crippen molar-refractivity contribution >= 4 is 23.4 Å². The fourth-order valence-electron chi connectivity index (χ4n) is 3.49. The summed E-state index contributed by atoms with van der Waals surface area (Å²) in [5.41, 5.74) is 2.33. The quantitative estimate of drug-likeness (QED) is 0.801. The fourth-order valence-corrected chi connectivity index (χ4v) is 3.70. The van der Waals surface area contributed by atoms with Crippen LogP contribution in [0, 0.1) is 6.92 Å². The molecule has 1 saturated carbocycles. The van der Waals surface area contributed by atoms with Crippen molar-refractivity contribution in [2.24, 2.45) is 0 Å². The molecule has 5 nitrogen and oxygen atoms in total. The van der Waals surface area contributed by atoms with Crippen molar-refractivity contribution in [2.75, 3.05) is 24.3 Å². The largest absolute Gasteiger partial charge is 0.362 e. The molecule has 0 radical (unpaired) electrons. The molecule has 6 heteroatoms. The summed E-state index contributed by atoms with van der Waals surface area (Å²) in [6.07, 6.45) is 6.46. The molecule has 0 aliphatic heterocycles. The smallest absolute Gasteiger partial charge is 0.224 e. The Morgan fingerprint density at radius 3 is 2.58 bits per heavy atom. The second-order valence-electron chi connectivity index (χ2n) is 7.30. The normalized spacial score (nSPS) is 20.0. The standard InChI is InChI=1S/C20H28ClN5/c1-14-12-23-20(25-19(14)26(2)3)24-18-9-7-17(8-10-18)22-13-15-5-4-6-16(21)11-15/h4-6,11-12,17-18,22H,7-10,13H2,1-3H3,(H,23,24,25). The maximum atomic E-state index is 6.05. The minimum absolute atomic E-state index is 0.442. The minimum Gasteiger partial charge on any atom is -0.362 e. The predicted octanol–water partition coefficient (Wildman–Crippen LogP) is 4.02. The molecule has 2 N–H and O–H groups in total. The van der Waals surface area contributed by atoms with Crippen molar-refractivity contribution in [1.82, 2.24) is 15.3 Å². The van der Waals surface area contributed by atoms with Gasteiger partial charge in [0.2, 0.25) is 5.95 Å². The maximum Gasteiger partial charge on any atom is 0.224 e. The number of nitrogens with one attached hydrogen (secondary N) is 2. The van der Waals surface area contributed by atoms with E-state index in [4.69, 9.17) is 11.6 Å². The first-order valence-corrected chi connectivity index (χ1v) is 9.64. The third kappa shape index (κ3) is 5.08. The van der Waals surface area contributed by atoms with Crippen LogP contribution in [0.2, 0.25) is 5.02 Å². The molecule has 0 bridgehead atoms. The maximum absolute atomic E-state index is 6.05. The lowest BCUT2D eigenvalue weighted by molar-refractivity contribution is 0.352. The molecule has 0 unspecified atom stereocenters. The summed E-state index contributed by atoms with van der Waals surface area (Å²) in [6, 6.07) is 9.06. The molecule has 1 aliphatic carbocycles. The third-order valence-electron chi connectivity index (χ3n) is 4.91. The van der Waals surface area contributed by atoms with Crippen molar-refractivity contribution in [2.45, 2.75) is 51.2 Å². The van der Waals surface area contributed by atoms with E-state index in [1.165, 1.54) is 5.56 Å². The highest BCUT2D eigenvalue weighted by Crippen LogP contribution is 2.23. The Hall–Kier alpha value is -1.85. The molecule has 2 aromatic rings. The van der Waals surface area contributed by atoms with Crippen molar-refractivity contribution in [3.8, 4) is 0 Å². The molecule has 1 aliphatic rings. The fraction of sp³-hybridized carbons (Fsp3) is 0.500. The lowest BCUT2D eigenvalue weighted by atomic mass is 9.91. The average molecular weight is 374 g/mol. The van der Waals surface area contributed by atoms with E-state index in [0.29, 0.717) is 12.1 Å². The number of hydrogen-bond acceptors (Lipinski definition) is 5. The van der Waals surface area contributed by atoms with Gasteiger partial charge in [-0.05, 0) is 50.3 Å². The van der Waals surface area contributed by atoms with Crippen LogP contribution >= 0.6 is 11.6 Å². The van der Waals surface area contributed by atoms with Gasteiger partial charge in [0.05, 0.1) is 0 Å². The van der Waals surface area contributed by atoms with E-state index in [0.717, 1.165) is 54.6 Å². The highest BCUT2D eigenvalue weighted by Gasteiger charge is 2.21. The predicted molar refractivity (Wildman–Crippen MR) is 109 cm³/mol. The highest BCUT2D eigenvalue weighted by atomic mass is 35.5. The highest BCUT2D eigenvalue weighted by molar-refractivity contribution is 6.30. The number of nitrogens with zero attached hydrogens (tertiary/aromatic N) is 3. The number of anilines is 2. The van der Waals surface area contributed by atoms with Crippen LogP contribution in [0.5, 0.6) is 0 Å². The van der Waals surface area contributed by atoms with Crippen LogP contribution in [0.25, 0.3) is 0 Å². The molecule has 3 rings (SSSR count). The summed E-state index contributed by atoms with van der Waals surface area (Å²) in [6.45, 7) is 2.91. The van der Waals surface area contributed by atoms with Gasteiger partial charge in [-0.25, -0.2) is 4.98 Å². The van der Waals surface area contributed by atoms with E-state index in [1.807, 2.05) is 50.3 Å². The van der Waals surface area contributed by atoms with Crippen LogP contribution in [0.15, 0.2) is 30.5 Å². The van der Waals surface area contributed by atoms with Gasteiger partial charge in [-0.3, -0.25) is 0 Å². The molecule has 0 spiro atoms. The molecular weight excluding hydrogens is 346 g/mol. The van der Waals surface area contributed by atoms with E-state index in [-0.39, 0.29) is 0 Å². The Kier molecular flexibility index (Phi) is 6.33. The molecule has 1 fully saturated rings. The summed E-state index contributed by atoms with van der Waals surface area (Å²) in [5.74, 6) is 1.70. The zero-order chi connectivity index (χ0) is 18.5. The molecule has 0 amide bonds. The second-order valence-corrected chi connectivity index (χ2v) is 7.73. The van der Waals surface area contributed by atoms with Crippen molar-refractivity contribution in [3.63, 3.8) is 0 Å². The summed E-state index contributed by atoms with van der Waals surface area (Å²) in [4.78, 5) is 11.1. The van der Waals surface area contributed by atoms with Gasteiger partial charge >= 0.3 is 0 Å². The Balaban J connectivity index is 1.47. The number of halogens is 1. The van der Waals surface area contributed by atoms with Crippen LogP contribution in [-0.4, -0.2) is 36.1 Å². The van der Waals surface area contributed by atoms with Gasteiger partial charge in [0, 0.05) is 49.5 Å². The molecule has 0 saturated heterocycles. The molecule has 140 valence electrons. The number of rotatable bonds is 6. The lowest BCUT2D eigenvalue weighted by Gasteiger charge is -2.30. The zero-order valence-electron chi connectivity index (χ0n) is 15.8. The van der Waals surface area contributed by atoms with Gasteiger partial charge < -0.3 is 15.5 Å². The summed E-state index contributed by atoms with van der Waals surface area (Å²) >= 11 is 6.05. The van der Waals surface area contributed by atoms with Crippen LogP contribution < -0.4 is 15.5 Å². The van der Waals surface area contributed by atoms with Gasteiger partial charge in [-0.1, -0.05) is 23.7 Å². The van der Waals surface area contributed by atoms with Gasteiger partial charge in [-0.2, -0.15) is 4.98 Å².